The quantitative estimate of drug-likeness (QED) is 0.733. The van der Waals surface area contributed by atoms with Crippen molar-refractivity contribution in [2.75, 3.05) is 12.9 Å². The molecule has 1 aliphatic rings. The van der Waals surface area contributed by atoms with Crippen LogP contribution in [0.2, 0.25) is 5.02 Å². The van der Waals surface area contributed by atoms with Crippen LogP contribution < -0.4 is 9.42 Å². The second-order valence-electron chi connectivity index (χ2n) is 5.46. The molecule has 0 aliphatic carbocycles. The molecule has 2 aromatic rings. The lowest BCUT2D eigenvalue weighted by atomic mass is 10.1. The molecule has 1 heterocycles. The van der Waals surface area contributed by atoms with Crippen LogP contribution >= 0.6 is 19.5 Å². The minimum atomic E-state index is -3.89. The SMILES string of the molecule is CCO[P+]1([O-])Oc2ccccc2C(S(C)(=O)=O)=C1c1ccc(Cl)cc1. The van der Waals surface area contributed by atoms with Gasteiger partial charge in [-0.05, 0) is 43.3 Å². The number of rotatable bonds is 4. The van der Waals surface area contributed by atoms with Crippen molar-refractivity contribution < 1.29 is 22.4 Å². The van der Waals surface area contributed by atoms with Crippen molar-refractivity contribution in [1.29, 1.82) is 0 Å². The largest absolute Gasteiger partial charge is 0.620 e. The minimum absolute atomic E-state index is 0.0345. The van der Waals surface area contributed by atoms with Crippen molar-refractivity contribution >= 4 is 39.6 Å². The molecule has 0 saturated heterocycles. The Kier molecular flexibility index (Phi) is 4.93. The molecular weight excluding hydrogens is 383 g/mol. The Hall–Kier alpha value is -1.43. The average molecular weight is 399 g/mol. The van der Waals surface area contributed by atoms with Crippen LogP contribution in [0.15, 0.2) is 48.5 Å². The summed E-state index contributed by atoms with van der Waals surface area (Å²) >= 11 is 5.92. The Balaban J connectivity index is 2.41. The third-order valence-corrected chi connectivity index (χ3v) is 7.26. The van der Waals surface area contributed by atoms with Crippen LogP contribution in [-0.2, 0) is 14.4 Å². The molecular formula is C17H16ClO5PS. The zero-order valence-corrected chi connectivity index (χ0v) is 16.1. The normalized spacial score (nSPS) is 20.2. The summed E-state index contributed by atoms with van der Waals surface area (Å²) in [5.74, 6) is 0.220. The summed E-state index contributed by atoms with van der Waals surface area (Å²) in [7, 11) is -7.61. The highest BCUT2D eigenvalue weighted by Gasteiger charge is 2.48. The zero-order chi connectivity index (χ0) is 18.2. The van der Waals surface area contributed by atoms with Crippen molar-refractivity contribution in [1.82, 2.24) is 0 Å². The molecule has 5 nitrogen and oxygen atoms in total. The van der Waals surface area contributed by atoms with Gasteiger partial charge in [0.2, 0.25) is 0 Å². The van der Waals surface area contributed by atoms with Gasteiger partial charge in [-0.3, -0.25) is 0 Å². The van der Waals surface area contributed by atoms with E-state index in [2.05, 4.69) is 0 Å². The monoisotopic (exact) mass is 398 g/mol. The molecule has 1 aliphatic heterocycles. The first-order chi connectivity index (χ1) is 11.8. The van der Waals surface area contributed by atoms with E-state index in [0.29, 0.717) is 16.1 Å². The minimum Gasteiger partial charge on any atom is -0.620 e. The van der Waals surface area contributed by atoms with Crippen LogP contribution in [0.3, 0.4) is 0 Å². The Morgan fingerprint density at radius 3 is 2.40 bits per heavy atom. The van der Waals surface area contributed by atoms with Crippen LogP contribution in [0.5, 0.6) is 5.75 Å². The van der Waals surface area contributed by atoms with E-state index in [1.165, 1.54) is 0 Å². The lowest BCUT2D eigenvalue weighted by Gasteiger charge is -2.34. The number of halogens is 1. The Morgan fingerprint density at radius 1 is 1.16 bits per heavy atom. The maximum Gasteiger partial charge on any atom is 0.320 e. The number of hydrogen-bond acceptors (Lipinski definition) is 5. The summed E-state index contributed by atoms with van der Waals surface area (Å²) in [4.78, 5) is 13.4. The van der Waals surface area contributed by atoms with Gasteiger partial charge in [-0.15, -0.1) is 0 Å². The molecule has 0 amide bonds. The summed E-state index contributed by atoms with van der Waals surface area (Å²) in [6, 6.07) is 13.0. The summed E-state index contributed by atoms with van der Waals surface area (Å²) in [6.45, 7) is 1.77. The number of benzene rings is 2. The lowest BCUT2D eigenvalue weighted by Crippen LogP contribution is -2.25. The van der Waals surface area contributed by atoms with E-state index >= 15 is 0 Å². The van der Waals surface area contributed by atoms with E-state index in [1.54, 1.807) is 55.5 Å². The Labute approximate surface area is 152 Å². The smallest absolute Gasteiger partial charge is 0.320 e. The number of hydrogen-bond donors (Lipinski definition) is 0. The van der Waals surface area contributed by atoms with Crippen LogP contribution in [0.25, 0.3) is 10.2 Å². The fourth-order valence-electron chi connectivity index (χ4n) is 2.69. The van der Waals surface area contributed by atoms with Crippen LogP contribution in [-0.4, -0.2) is 21.3 Å². The average Bonchev–Trinajstić information content (AvgIpc) is 2.53. The number of fused-ring (bicyclic) bond motifs is 1. The summed E-state index contributed by atoms with van der Waals surface area (Å²) in [5.41, 5.74) is 0.789. The van der Waals surface area contributed by atoms with Gasteiger partial charge in [-0.2, -0.15) is 4.52 Å². The van der Waals surface area contributed by atoms with Crippen molar-refractivity contribution in [3.05, 3.63) is 64.7 Å². The van der Waals surface area contributed by atoms with E-state index in [0.717, 1.165) is 6.26 Å². The standard InChI is InChI=1S/C17H16ClO5PS/c1-3-22-24(19)16(12-8-10-13(18)11-9-12)17(25(2,20)21)14-6-4-5-7-15(14)23-24/h4-11H,3H2,1-2H3. The van der Waals surface area contributed by atoms with E-state index in [4.69, 9.17) is 20.6 Å². The topological polar surface area (TPSA) is 75.7 Å². The van der Waals surface area contributed by atoms with Crippen molar-refractivity contribution in [3.63, 3.8) is 0 Å². The third kappa shape index (κ3) is 3.46. The first kappa shape index (κ1) is 18.4. The Morgan fingerprint density at radius 2 is 1.80 bits per heavy atom. The molecule has 0 saturated carbocycles. The number of para-hydroxylation sites is 1. The van der Waals surface area contributed by atoms with Gasteiger partial charge in [0.25, 0.3) is 0 Å². The van der Waals surface area contributed by atoms with Crippen molar-refractivity contribution in [2.24, 2.45) is 0 Å². The van der Waals surface area contributed by atoms with Gasteiger partial charge < -0.3 is 9.42 Å². The molecule has 8 heteroatoms. The molecule has 0 bridgehead atoms. The maximum atomic E-state index is 13.5. The van der Waals surface area contributed by atoms with Gasteiger partial charge in [0.1, 0.15) is 4.91 Å². The van der Waals surface area contributed by atoms with Gasteiger partial charge in [0, 0.05) is 22.4 Å². The molecule has 132 valence electrons. The van der Waals surface area contributed by atoms with Crippen molar-refractivity contribution in [3.8, 4) is 5.75 Å². The molecule has 0 spiro atoms. The lowest BCUT2D eigenvalue weighted by molar-refractivity contribution is -0.205. The number of sulfone groups is 1. The highest BCUT2D eigenvalue weighted by molar-refractivity contribution is 8.01. The second kappa shape index (κ2) is 6.71. The summed E-state index contributed by atoms with van der Waals surface area (Å²) < 4.78 is 36.2. The molecule has 0 aromatic heterocycles. The van der Waals surface area contributed by atoms with E-state index in [9.17, 15) is 13.3 Å². The fraction of sp³-hybridized carbons (Fsp3) is 0.176. The van der Waals surface area contributed by atoms with E-state index < -0.39 is 17.8 Å². The van der Waals surface area contributed by atoms with E-state index in [1.807, 2.05) is 0 Å². The molecule has 2 aromatic carbocycles. The maximum absolute atomic E-state index is 13.5. The summed E-state index contributed by atoms with van der Waals surface area (Å²) in [5, 5.41) is 0.515. The van der Waals surface area contributed by atoms with Crippen LogP contribution in [0, 0.1) is 0 Å². The molecule has 3 rings (SSSR count). The molecule has 0 N–H and O–H groups in total. The highest BCUT2D eigenvalue weighted by atomic mass is 35.5. The van der Waals surface area contributed by atoms with Gasteiger partial charge in [0.05, 0.1) is 6.61 Å². The first-order valence-electron chi connectivity index (χ1n) is 7.50. The van der Waals surface area contributed by atoms with Crippen LogP contribution in [0.1, 0.15) is 18.1 Å². The third-order valence-electron chi connectivity index (χ3n) is 3.63. The zero-order valence-electron chi connectivity index (χ0n) is 13.6. The molecule has 0 radical (unpaired) electrons. The van der Waals surface area contributed by atoms with Gasteiger partial charge in [0.15, 0.2) is 20.9 Å². The predicted octanol–water partition coefficient (Wildman–Crippen LogP) is 3.76. The second-order valence-corrected chi connectivity index (χ2v) is 9.73. The summed E-state index contributed by atoms with van der Waals surface area (Å²) in [6.07, 6.45) is 1.08. The van der Waals surface area contributed by atoms with Gasteiger partial charge >= 0.3 is 7.94 Å². The van der Waals surface area contributed by atoms with Gasteiger partial charge in [-0.1, -0.05) is 23.7 Å². The molecule has 0 fully saturated rings. The predicted molar refractivity (Wildman–Crippen MR) is 98.7 cm³/mol. The Bertz CT molecular complexity index is 940. The molecule has 1 atom stereocenters. The highest BCUT2D eigenvalue weighted by Crippen LogP contribution is 2.69. The van der Waals surface area contributed by atoms with Gasteiger partial charge in [-0.25, -0.2) is 8.42 Å². The fourth-order valence-corrected chi connectivity index (χ4v) is 6.56. The molecule has 25 heavy (non-hydrogen) atoms. The van der Waals surface area contributed by atoms with E-state index in [-0.39, 0.29) is 22.6 Å². The molecule has 1 unspecified atom stereocenters. The van der Waals surface area contributed by atoms with Crippen molar-refractivity contribution in [2.45, 2.75) is 6.92 Å². The first-order valence-corrected chi connectivity index (χ1v) is 11.3. The van der Waals surface area contributed by atoms with Crippen LogP contribution in [0.4, 0.5) is 0 Å².